The lowest BCUT2D eigenvalue weighted by molar-refractivity contribution is -0.137. The molecule has 0 spiro atoms. The number of nitrogens with zero attached hydrogens (tertiary/aromatic N) is 3. The van der Waals surface area contributed by atoms with Gasteiger partial charge in [0.2, 0.25) is 0 Å². The highest BCUT2D eigenvalue weighted by Crippen LogP contribution is 2.18. The van der Waals surface area contributed by atoms with Crippen molar-refractivity contribution in [3.8, 4) is 0 Å². The van der Waals surface area contributed by atoms with Crippen LogP contribution in [0.4, 0.5) is 0 Å². The molecule has 1 atom stereocenters. The van der Waals surface area contributed by atoms with Crippen molar-refractivity contribution < 1.29 is 14.7 Å². The number of fused-ring (bicyclic) bond motifs is 1. The second kappa shape index (κ2) is 6.22. The van der Waals surface area contributed by atoms with Crippen molar-refractivity contribution >= 4 is 22.9 Å². The Morgan fingerprint density at radius 2 is 2.00 bits per heavy atom. The highest BCUT2D eigenvalue weighted by atomic mass is 16.4. The Labute approximate surface area is 130 Å². The summed E-state index contributed by atoms with van der Waals surface area (Å²) in [5.41, 5.74) is 1.40. The standard InChI is InChI=1S/C15H13N5O3/c21-12(22)7-11(9-1-4-16-5-2-9)20-15(23)13-10-3-6-17-14(10)19-8-18-13/h1-6,8,11H,7H2,(H,20,23)(H,21,22)(H,17,18,19)/t11-/m1/s1. The van der Waals surface area contributed by atoms with Crippen molar-refractivity contribution in [2.24, 2.45) is 0 Å². The Kier molecular flexibility index (Phi) is 3.96. The number of aromatic nitrogens is 4. The van der Waals surface area contributed by atoms with E-state index in [0.717, 1.165) is 0 Å². The van der Waals surface area contributed by atoms with E-state index in [1.807, 2.05) is 0 Å². The van der Waals surface area contributed by atoms with Gasteiger partial charge in [-0.3, -0.25) is 14.6 Å². The van der Waals surface area contributed by atoms with Crippen molar-refractivity contribution in [3.05, 3.63) is 54.4 Å². The third kappa shape index (κ3) is 3.15. The molecule has 3 N–H and O–H groups in total. The molecule has 0 aliphatic carbocycles. The van der Waals surface area contributed by atoms with E-state index < -0.39 is 17.9 Å². The van der Waals surface area contributed by atoms with Gasteiger partial charge >= 0.3 is 5.97 Å². The minimum absolute atomic E-state index is 0.195. The Morgan fingerprint density at radius 1 is 1.22 bits per heavy atom. The van der Waals surface area contributed by atoms with Crippen LogP contribution in [-0.2, 0) is 4.79 Å². The molecule has 0 radical (unpaired) electrons. The minimum Gasteiger partial charge on any atom is -0.481 e. The summed E-state index contributed by atoms with van der Waals surface area (Å²) in [6.07, 6.45) is 5.80. The molecule has 0 saturated heterocycles. The van der Waals surface area contributed by atoms with Crippen LogP contribution in [0.2, 0.25) is 0 Å². The number of H-pyrrole nitrogens is 1. The summed E-state index contributed by atoms with van der Waals surface area (Å²) in [5, 5.41) is 12.4. The predicted molar refractivity (Wildman–Crippen MR) is 80.6 cm³/mol. The molecule has 0 aliphatic rings. The molecule has 0 unspecified atom stereocenters. The van der Waals surface area contributed by atoms with Gasteiger partial charge in [-0.15, -0.1) is 0 Å². The van der Waals surface area contributed by atoms with E-state index in [-0.39, 0.29) is 12.1 Å². The Morgan fingerprint density at radius 3 is 2.74 bits per heavy atom. The highest BCUT2D eigenvalue weighted by molar-refractivity contribution is 6.03. The number of carbonyl (C=O) groups is 2. The largest absolute Gasteiger partial charge is 0.481 e. The fourth-order valence-electron chi connectivity index (χ4n) is 2.30. The number of carboxylic acids is 1. The van der Waals surface area contributed by atoms with Crippen molar-refractivity contribution in [2.45, 2.75) is 12.5 Å². The van der Waals surface area contributed by atoms with Gasteiger partial charge in [0, 0.05) is 18.6 Å². The number of hydrogen-bond donors (Lipinski definition) is 3. The van der Waals surface area contributed by atoms with Gasteiger partial charge in [-0.25, -0.2) is 9.97 Å². The molecule has 3 rings (SSSR count). The topological polar surface area (TPSA) is 121 Å². The van der Waals surface area contributed by atoms with Crippen LogP contribution >= 0.6 is 0 Å². The van der Waals surface area contributed by atoms with E-state index in [4.69, 9.17) is 5.11 Å². The van der Waals surface area contributed by atoms with Gasteiger partial charge in [-0.05, 0) is 23.8 Å². The lowest BCUT2D eigenvalue weighted by Gasteiger charge is -2.17. The number of nitrogens with one attached hydrogen (secondary N) is 2. The molecule has 0 aliphatic heterocycles. The first kappa shape index (κ1) is 14.6. The van der Waals surface area contributed by atoms with E-state index in [1.54, 1.807) is 36.8 Å². The summed E-state index contributed by atoms with van der Waals surface area (Å²) in [6, 6.07) is 4.36. The number of aromatic amines is 1. The van der Waals surface area contributed by atoms with Crippen molar-refractivity contribution in [1.29, 1.82) is 0 Å². The predicted octanol–water partition coefficient (Wildman–Crippen LogP) is 1.30. The van der Waals surface area contributed by atoms with E-state index >= 15 is 0 Å². The fourth-order valence-corrected chi connectivity index (χ4v) is 2.30. The molecule has 3 aromatic heterocycles. The number of amides is 1. The summed E-state index contributed by atoms with van der Waals surface area (Å²) in [5.74, 6) is -1.47. The van der Waals surface area contributed by atoms with Gasteiger partial charge in [-0.1, -0.05) is 0 Å². The summed E-state index contributed by atoms with van der Waals surface area (Å²) in [6.45, 7) is 0. The third-order valence-electron chi connectivity index (χ3n) is 3.36. The molecule has 0 aromatic carbocycles. The molecule has 23 heavy (non-hydrogen) atoms. The summed E-state index contributed by atoms with van der Waals surface area (Å²) in [4.78, 5) is 38.4. The van der Waals surface area contributed by atoms with Crippen LogP contribution in [0.25, 0.3) is 11.0 Å². The average Bonchev–Trinajstić information content (AvgIpc) is 3.03. The third-order valence-corrected chi connectivity index (χ3v) is 3.36. The van der Waals surface area contributed by atoms with Crippen LogP contribution in [0.15, 0.2) is 43.1 Å². The molecule has 0 bridgehead atoms. The maximum absolute atomic E-state index is 12.5. The first-order valence-electron chi connectivity index (χ1n) is 6.86. The van der Waals surface area contributed by atoms with Gasteiger partial charge in [0.05, 0.1) is 17.8 Å². The van der Waals surface area contributed by atoms with E-state index in [1.165, 1.54) is 6.33 Å². The van der Waals surface area contributed by atoms with Crippen LogP contribution in [0.3, 0.4) is 0 Å². The average molecular weight is 311 g/mol. The second-order valence-corrected chi connectivity index (χ2v) is 4.87. The number of hydrogen-bond acceptors (Lipinski definition) is 5. The highest BCUT2D eigenvalue weighted by Gasteiger charge is 2.21. The Balaban J connectivity index is 1.89. The van der Waals surface area contributed by atoms with Gasteiger partial charge in [0.25, 0.3) is 5.91 Å². The zero-order chi connectivity index (χ0) is 16.2. The van der Waals surface area contributed by atoms with E-state index in [0.29, 0.717) is 16.6 Å². The summed E-state index contributed by atoms with van der Waals surface area (Å²) >= 11 is 0. The summed E-state index contributed by atoms with van der Waals surface area (Å²) < 4.78 is 0. The van der Waals surface area contributed by atoms with Crippen LogP contribution in [0.5, 0.6) is 0 Å². The fraction of sp³-hybridized carbons (Fsp3) is 0.133. The van der Waals surface area contributed by atoms with E-state index in [9.17, 15) is 9.59 Å². The summed E-state index contributed by atoms with van der Waals surface area (Å²) in [7, 11) is 0. The normalized spacial score (nSPS) is 12.0. The molecule has 0 saturated carbocycles. The van der Waals surface area contributed by atoms with Gasteiger partial charge in [-0.2, -0.15) is 0 Å². The molecule has 3 aromatic rings. The van der Waals surface area contributed by atoms with Gasteiger partial charge in [0.15, 0.2) is 0 Å². The lowest BCUT2D eigenvalue weighted by Crippen LogP contribution is -2.31. The zero-order valence-corrected chi connectivity index (χ0v) is 11.9. The van der Waals surface area contributed by atoms with Crippen molar-refractivity contribution in [1.82, 2.24) is 25.3 Å². The molecule has 8 nitrogen and oxygen atoms in total. The van der Waals surface area contributed by atoms with Gasteiger partial charge < -0.3 is 15.4 Å². The number of rotatable bonds is 5. The van der Waals surface area contributed by atoms with Crippen LogP contribution in [0, 0.1) is 0 Å². The van der Waals surface area contributed by atoms with Crippen LogP contribution < -0.4 is 5.32 Å². The first-order valence-corrected chi connectivity index (χ1v) is 6.86. The van der Waals surface area contributed by atoms with E-state index in [2.05, 4.69) is 25.3 Å². The SMILES string of the molecule is O=C(O)C[C@@H](NC(=O)c1ncnc2[nH]ccc12)c1ccncc1. The van der Waals surface area contributed by atoms with Crippen LogP contribution in [-0.4, -0.2) is 36.9 Å². The second-order valence-electron chi connectivity index (χ2n) is 4.87. The minimum atomic E-state index is -1.01. The lowest BCUT2D eigenvalue weighted by atomic mass is 10.0. The monoisotopic (exact) mass is 311 g/mol. The molecule has 8 heteroatoms. The number of pyridine rings is 1. The molecule has 1 amide bonds. The Bertz CT molecular complexity index is 846. The van der Waals surface area contributed by atoms with Crippen LogP contribution in [0.1, 0.15) is 28.5 Å². The molecular weight excluding hydrogens is 298 g/mol. The Hall–Kier alpha value is -3.29. The first-order chi connectivity index (χ1) is 11.1. The number of carboxylic acid groups (broad SMARTS) is 1. The maximum atomic E-state index is 12.5. The number of carbonyl (C=O) groups excluding carboxylic acids is 1. The quantitative estimate of drug-likeness (QED) is 0.653. The molecular formula is C15H13N5O3. The molecule has 3 heterocycles. The van der Waals surface area contributed by atoms with Gasteiger partial charge in [0.1, 0.15) is 17.7 Å². The molecule has 0 fully saturated rings. The smallest absolute Gasteiger partial charge is 0.305 e. The zero-order valence-electron chi connectivity index (χ0n) is 11.9. The number of aliphatic carboxylic acids is 1. The van der Waals surface area contributed by atoms with Crippen molar-refractivity contribution in [3.63, 3.8) is 0 Å². The maximum Gasteiger partial charge on any atom is 0.305 e. The molecule has 116 valence electrons. The van der Waals surface area contributed by atoms with Crippen molar-refractivity contribution in [2.75, 3.05) is 0 Å².